The molecule has 0 unspecified atom stereocenters. The van der Waals surface area contributed by atoms with E-state index in [0.29, 0.717) is 6.54 Å². The minimum Gasteiger partial charge on any atom is -0.477 e. The van der Waals surface area contributed by atoms with Crippen molar-refractivity contribution in [2.45, 2.75) is 6.54 Å². The van der Waals surface area contributed by atoms with Crippen LogP contribution in [0.3, 0.4) is 0 Å². The van der Waals surface area contributed by atoms with E-state index in [9.17, 15) is 14.9 Å². The van der Waals surface area contributed by atoms with Crippen molar-refractivity contribution in [2.75, 3.05) is 5.32 Å². The molecule has 0 saturated heterocycles. The van der Waals surface area contributed by atoms with Gasteiger partial charge in [-0.2, -0.15) is 0 Å². The summed E-state index contributed by atoms with van der Waals surface area (Å²) in [5, 5.41) is 22.5. The molecule has 0 aromatic carbocycles. The van der Waals surface area contributed by atoms with Gasteiger partial charge in [-0.25, -0.2) is 9.78 Å². The first-order chi connectivity index (χ1) is 9.47. The molecule has 0 atom stereocenters. The summed E-state index contributed by atoms with van der Waals surface area (Å²) in [5.41, 5.74) is -0.504. The van der Waals surface area contributed by atoms with Gasteiger partial charge in [0, 0.05) is 10.9 Å². The van der Waals surface area contributed by atoms with Gasteiger partial charge in [0.15, 0.2) is 5.69 Å². The first-order valence-electron chi connectivity index (χ1n) is 5.34. The maximum absolute atomic E-state index is 10.9. The second-order valence-electron chi connectivity index (χ2n) is 3.69. The largest absolute Gasteiger partial charge is 0.477 e. The van der Waals surface area contributed by atoms with Crippen molar-refractivity contribution in [3.63, 3.8) is 0 Å². The molecule has 0 amide bonds. The number of aromatic carboxylic acids is 1. The topological polar surface area (TPSA) is 105 Å². The number of hydrogen-bond acceptors (Lipinski definition) is 6. The van der Waals surface area contributed by atoms with Crippen LogP contribution in [0.1, 0.15) is 15.4 Å². The smallest absolute Gasteiger partial charge is 0.354 e. The fourth-order valence-corrected chi connectivity index (χ4v) is 2.89. The Morgan fingerprint density at radius 1 is 1.45 bits per heavy atom. The normalized spacial score (nSPS) is 10.2. The van der Waals surface area contributed by atoms with E-state index in [1.165, 1.54) is 11.3 Å². The molecule has 0 radical (unpaired) electrons. The van der Waals surface area contributed by atoms with Gasteiger partial charge in [0.05, 0.1) is 15.3 Å². The molecule has 0 bridgehead atoms. The molecule has 104 valence electrons. The lowest BCUT2D eigenvalue weighted by molar-refractivity contribution is -0.384. The Labute approximate surface area is 125 Å². The van der Waals surface area contributed by atoms with Crippen molar-refractivity contribution in [1.82, 2.24) is 4.98 Å². The Morgan fingerprint density at radius 2 is 2.20 bits per heavy atom. The molecule has 2 heterocycles. The van der Waals surface area contributed by atoms with Crippen LogP contribution in [0.2, 0.25) is 0 Å². The maximum atomic E-state index is 10.9. The van der Waals surface area contributed by atoms with Crippen LogP contribution in [0.15, 0.2) is 28.1 Å². The zero-order valence-electron chi connectivity index (χ0n) is 9.87. The molecule has 2 aromatic rings. The van der Waals surface area contributed by atoms with Crippen molar-refractivity contribution in [2.24, 2.45) is 0 Å². The van der Waals surface area contributed by atoms with Crippen molar-refractivity contribution in [3.05, 3.63) is 48.7 Å². The quantitative estimate of drug-likeness (QED) is 0.628. The van der Waals surface area contributed by atoms with Crippen LogP contribution in [0, 0.1) is 10.1 Å². The fraction of sp³-hybridized carbons (Fsp3) is 0.0909. The Morgan fingerprint density at radius 3 is 2.75 bits per heavy atom. The van der Waals surface area contributed by atoms with Gasteiger partial charge in [0.1, 0.15) is 0 Å². The van der Waals surface area contributed by atoms with Gasteiger partial charge >= 0.3 is 11.7 Å². The molecule has 20 heavy (non-hydrogen) atoms. The lowest BCUT2D eigenvalue weighted by atomic mass is 10.3. The summed E-state index contributed by atoms with van der Waals surface area (Å²) in [7, 11) is 0. The molecule has 9 heteroatoms. The van der Waals surface area contributed by atoms with Gasteiger partial charge < -0.3 is 10.4 Å². The number of nitrogens with one attached hydrogen (secondary N) is 1. The average molecular weight is 358 g/mol. The Kier molecular flexibility index (Phi) is 4.30. The van der Waals surface area contributed by atoms with Crippen molar-refractivity contribution >= 4 is 44.7 Å². The van der Waals surface area contributed by atoms with Crippen LogP contribution >= 0.6 is 27.3 Å². The van der Waals surface area contributed by atoms with Crippen molar-refractivity contribution in [3.8, 4) is 0 Å². The summed E-state index contributed by atoms with van der Waals surface area (Å²) in [6, 6.07) is 5.95. The van der Waals surface area contributed by atoms with Crippen molar-refractivity contribution < 1.29 is 14.8 Å². The summed E-state index contributed by atoms with van der Waals surface area (Å²) >= 11 is 4.79. The van der Waals surface area contributed by atoms with Gasteiger partial charge in [-0.1, -0.05) is 0 Å². The van der Waals surface area contributed by atoms with Crippen LogP contribution in [0.4, 0.5) is 11.5 Å². The minimum atomic E-state index is -1.23. The van der Waals surface area contributed by atoms with E-state index >= 15 is 0 Å². The van der Waals surface area contributed by atoms with E-state index in [4.69, 9.17) is 5.11 Å². The predicted molar refractivity (Wildman–Crippen MR) is 77.2 cm³/mol. The number of anilines is 1. The molecule has 0 saturated carbocycles. The number of hydrogen-bond donors (Lipinski definition) is 2. The number of thiophene rings is 1. The monoisotopic (exact) mass is 357 g/mol. The Balaban J connectivity index is 2.25. The van der Waals surface area contributed by atoms with Gasteiger partial charge in [0.25, 0.3) is 0 Å². The van der Waals surface area contributed by atoms with E-state index in [1.807, 2.05) is 12.1 Å². The van der Waals surface area contributed by atoms with Gasteiger partial charge in [-0.05, 0) is 34.1 Å². The highest BCUT2D eigenvalue weighted by atomic mass is 79.9. The van der Waals surface area contributed by atoms with Gasteiger partial charge in [-0.3, -0.25) is 10.1 Å². The number of halogens is 1. The lowest BCUT2D eigenvalue weighted by Gasteiger charge is -2.05. The van der Waals surface area contributed by atoms with Crippen LogP contribution in [0.25, 0.3) is 0 Å². The molecule has 0 spiro atoms. The standard InChI is InChI=1S/C11H8BrN3O4S/c12-9-4-1-6(20-9)5-13-10-8(15(18)19)3-2-7(14-10)11(16)17/h1-4H,5H2,(H,13,14)(H,16,17). The zero-order valence-corrected chi connectivity index (χ0v) is 12.3. The first-order valence-corrected chi connectivity index (χ1v) is 6.95. The number of pyridine rings is 1. The van der Waals surface area contributed by atoms with Gasteiger partial charge in [-0.15, -0.1) is 11.3 Å². The SMILES string of the molecule is O=C(O)c1ccc([N+](=O)[O-])c(NCc2ccc(Br)s2)n1. The van der Waals surface area contributed by atoms with Crippen molar-refractivity contribution in [1.29, 1.82) is 0 Å². The number of carboxylic acids is 1. The summed E-state index contributed by atoms with van der Waals surface area (Å²) in [5.74, 6) is -1.29. The number of aromatic nitrogens is 1. The van der Waals surface area contributed by atoms with Crippen LogP contribution in [0.5, 0.6) is 0 Å². The van der Waals surface area contributed by atoms with Crippen LogP contribution < -0.4 is 5.32 Å². The molecule has 2 aromatic heterocycles. The maximum Gasteiger partial charge on any atom is 0.354 e. The van der Waals surface area contributed by atoms with E-state index < -0.39 is 10.9 Å². The number of carboxylic acid groups (broad SMARTS) is 1. The van der Waals surface area contributed by atoms with Gasteiger partial charge in [0.2, 0.25) is 5.82 Å². The second kappa shape index (κ2) is 5.97. The summed E-state index contributed by atoms with van der Waals surface area (Å²) in [6.07, 6.45) is 0. The molecule has 0 fully saturated rings. The highest BCUT2D eigenvalue weighted by Crippen LogP contribution is 2.26. The molecular weight excluding hydrogens is 350 g/mol. The Hall–Kier alpha value is -2.00. The number of nitro groups is 1. The highest BCUT2D eigenvalue weighted by Gasteiger charge is 2.18. The second-order valence-corrected chi connectivity index (χ2v) is 6.23. The zero-order chi connectivity index (χ0) is 14.7. The third kappa shape index (κ3) is 3.31. The minimum absolute atomic E-state index is 0.0561. The third-order valence-electron chi connectivity index (χ3n) is 2.35. The average Bonchev–Trinajstić information content (AvgIpc) is 2.81. The molecule has 0 aliphatic heterocycles. The number of nitrogens with zero attached hydrogens (tertiary/aromatic N) is 2. The molecule has 0 aliphatic carbocycles. The molecule has 0 aliphatic rings. The van der Waals surface area contributed by atoms with Crippen LogP contribution in [-0.4, -0.2) is 21.0 Å². The van der Waals surface area contributed by atoms with Crippen LogP contribution in [-0.2, 0) is 6.54 Å². The lowest BCUT2D eigenvalue weighted by Crippen LogP contribution is -2.08. The Bertz CT molecular complexity index is 673. The predicted octanol–water partition coefficient (Wildman–Crippen LogP) is 3.12. The van der Waals surface area contributed by atoms with E-state index in [-0.39, 0.29) is 17.2 Å². The molecule has 2 rings (SSSR count). The summed E-state index contributed by atoms with van der Waals surface area (Å²) in [4.78, 5) is 25.8. The van der Waals surface area contributed by atoms with E-state index in [0.717, 1.165) is 20.8 Å². The number of carbonyl (C=O) groups is 1. The highest BCUT2D eigenvalue weighted by molar-refractivity contribution is 9.11. The number of rotatable bonds is 5. The first kappa shape index (κ1) is 14.4. The fourth-order valence-electron chi connectivity index (χ4n) is 1.47. The molecule has 7 nitrogen and oxygen atoms in total. The molecule has 2 N–H and O–H groups in total. The van der Waals surface area contributed by atoms with E-state index in [2.05, 4.69) is 26.2 Å². The summed E-state index contributed by atoms with van der Waals surface area (Å²) in [6.45, 7) is 0.327. The molecular formula is C11H8BrN3O4S. The third-order valence-corrected chi connectivity index (χ3v) is 3.97. The summed E-state index contributed by atoms with van der Waals surface area (Å²) < 4.78 is 0.941. The van der Waals surface area contributed by atoms with E-state index in [1.54, 1.807) is 0 Å².